The van der Waals surface area contributed by atoms with Crippen LogP contribution >= 0.6 is 0 Å². The molecule has 2 rings (SSSR count). The van der Waals surface area contributed by atoms with Gasteiger partial charge in [-0.1, -0.05) is 24.6 Å². The zero-order chi connectivity index (χ0) is 22.5. The lowest BCUT2D eigenvalue weighted by Gasteiger charge is -2.19. The number of nitrogens with one attached hydrogen (secondary N) is 2. The smallest absolute Gasteiger partial charge is 0.326 e. The van der Waals surface area contributed by atoms with Crippen molar-refractivity contribution in [2.24, 2.45) is 0 Å². The Kier molecular flexibility index (Phi) is 7.14. The van der Waals surface area contributed by atoms with Gasteiger partial charge < -0.3 is 20.3 Å². The van der Waals surface area contributed by atoms with Crippen LogP contribution in [0.3, 0.4) is 0 Å². The zero-order valence-electron chi connectivity index (χ0n) is 17.5. The first-order chi connectivity index (χ1) is 14.1. The van der Waals surface area contributed by atoms with Crippen molar-refractivity contribution in [2.75, 3.05) is 32.1 Å². The molecule has 1 saturated heterocycles. The Morgan fingerprint density at radius 3 is 2.40 bits per heavy atom. The van der Waals surface area contributed by atoms with E-state index in [0.717, 1.165) is 15.4 Å². The third kappa shape index (κ3) is 5.56. The normalized spacial score (nSPS) is 18.1. The van der Waals surface area contributed by atoms with Gasteiger partial charge in [0.1, 0.15) is 12.1 Å². The molecule has 1 aliphatic rings. The Morgan fingerprint density at radius 1 is 1.20 bits per heavy atom. The van der Waals surface area contributed by atoms with Crippen LogP contribution in [0.2, 0.25) is 0 Å². The summed E-state index contributed by atoms with van der Waals surface area (Å²) in [6.07, 6.45) is 0.372. The number of amides is 5. The van der Waals surface area contributed by atoms with Gasteiger partial charge in [0.15, 0.2) is 6.61 Å². The number of urea groups is 1. The highest BCUT2D eigenvalue weighted by Crippen LogP contribution is 2.20. The van der Waals surface area contributed by atoms with E-state index in [2.05, 4.69) is 10.6 Å². The Bertz CT molecular complexity index is 853. The van der Waals surface area contributed by atoms with Gasteiger partial charge in [0, 0.05) is 12.7 Å². The van der Waals surface area contributed by atoms with Gasteiger partial charge in [-0.15, -0.1) is 0 Å². The second kappa shape index (κ2) is 9.38. The highest BCUT2D eigenvalue weighted by Gasteiger charge is 2.47. The maximum absolute atomic E-state index is 12.3. The number of anilines is 1. The van der Waals surface area contributed by atoms with Gasteiger partial charge in [0.25, 0.3) is 11.8 Å². The fourth-order valence-electron chi connectivity index (χ4n) is 2.70. The van der Waals surface area contributed by atoms with Crippen molar-refractivity contribution in [3.8, 4) is 0 Å². The quantitative estimate of drug-likeness (QED) is 0.472. The fraction of sp³-hybridized carbons (Fsp3) is 0.450. The molecular weight excluding hydrogens is 392 g/mol. The van der Waals surface area contributed by atoms with Crippen LogP contribution in [-0.2, 0) is 23.9 Å². The number of carbonyl (C=O) groups excluding carboxylic acids is 5. The van der Waals surface area contributed by atoms with Crippen molar-refractivity contribution < 1.29 is 28.7 Å². The lowest BCUT2D eigenvalue weighted by Crippen LogP contribution is -2.43. The number of likely N-dealkylation sites (N-methyl/N-ethyl adjacent to an activating group) is 1. The molecule has 1 fully saturated rings. The monoisotopic (exact) mass is 418 g/mol. The van der Waals surface area contributed by atoms with E-state index in [9.17, 15) is 24.0 Å². The van der Waals surface area contributed by atoms with E-state index in [1.54, 1.807) is 26.0 Å². The van der Waals surface area contributed by atoms with Crippen LogP contribution in [0.5, 0.6) is 0 Å². The molecule has 162 valence electrons. The van der Waals surface area contributed by atoms with E-state index in [1.165, 1.54) is 7.05 Å². The molecule has 0 aromatic heterocycles. The molecule has 0 aliphatic carbocycles. The molecule has 1 aromatic rings. The molecule has 5 amide bonds. The minimum Gasteiger partial charge on any atom is -0.454 e. The van der Waals surface area contributed by atoms with Crippen LogP contribution in [0.15, 0.2) is 24.3 Å². The summed E-state index contributed by atoms with van der Waals surface area (Å²) in [5.74, 6) is -2.43. The zero-order valence-corrected chi connectivity index (χ0v) is 17.5. The van der Waals surface area contributed by atoms with E-state index in [0.29, 0.717) is 12.1 Å². The van der Waals surface area contributed by atoms with E-state index in [1.807, 2.05) is 19.1 Å². The topological polar surface area (TPSA) is 125 Å². The molecule has 10 nitrogen and oxygen atoms in total. The number of nitrogens with zero attached hydrogens (tertiary/aromatic N) is 2. The summed E-state index contributed by atoms with van der Waals surface area (Å²) >= 11 is 0. The molecule has 2 N–H and O–H groups in total. The SMILES string of the molecule is CC[C@]1(C)NC(=O)N(CC(=O)OCC(=O)N(C)CC(=O)Nc2ccc(C)cc2)C1=O. The molecule has 1 heterocycles. The van der Waals surface area contributed by atoms with E-state index in [-0.39, 0.29) is 6.54 Å². The van der Waals surface area contributed by atoms with Gasteiger partial charge in [-0.05, 0) is 32.4 Å². The number of hydrogen-bond acceptors (Lipinski definition) is 6. The van der Waals surface area contributed by atoms with E-state index < -0.39 is 48.4 Å². The Labute approximate surface area is 174 Å². The first-order valence-electron chi connectivity index (χ1n) is 9.46. The predicted molar refractivity (Wildman–Crippen MR) is 107 cm³/mol. The van der Waals surface area contributed by atoms with E-state index >= 15 is 0 Å². The fourth-order valence-corrected chi connectivity index (χ4v) is 2.70. The molecule has 0 radical (unpaired) electrons. The summed E-state index contributed by atoms with van der Waals surface area (Å²) in [7, 11) is 1.40. The molecule has 1 aliphatic heterocycles. The second-order valence-corrected chi connectivity index (χ2v) is 7.33. The second-order valence-electron chi connectivity index (χ2n) is 7.33. The predicted octanol–water partition coefficient (Wildman–Crippen LogP) is 0.656. The van der Waals surface area contributed by atoms with Gasteiger partial charge in [0.05, 0.1) is 6.54 Å². The lowest BCUT2D eigenvalue weighted by atomic mass is 9.99. The van der Waals surface area contributed by atoms with Crippen LogP contribution in [0.4, 0.5) is 10.5 Å². The van der Waals surface area contributed by atoms with Gasteiger partial charge in [-0.2, -0.15) is 0 Å². The van der Waals surface area contributed by atoms with Crippen molar-refractivity contribution in [1.29, 1.82) is 0 Å². The highest BCUT2D eigenvalue weighted by atomic mass is 16.5. The maximum atomic E-state index is 12.3. The van der Waals surface area contributed by atoms with Gasteiger partial charge in [-0.25, -0.2) is 4.79 Å². The molecule has 1 aromatic carbocycles. The summed E-state index contributed by atoms with van der Waals surface area (Å²) in [5, 5.41) is 5.18. The van der Waals surface area contributed by atoms with Crippen molar-refractivity contribution in [2.45, 2.75) is 32.7 Å². The number of imide groups is 1. The number of carbonyl (C=O) groups is 5. The van der Waals surface area contributed by atoms with Gasteiger partial charge in [-0.3, -0.25) is 24.1 Å². The average Bonchev–Trinajstić information content (AvgIpc) is 2.91. The lowest BCUT2D eigenvalue weighted by molar-refractivity contribution is -0.153. The molecule has 10 heteroatoms. The number of esters is 1. The summed E-state index contributed by atoms with van der Waals surface area (Å²) in [6, 6.07) is 6.50. The molecule has 0 bridgehead atoms. The third-order valence-electron chi connectivity index (χ3n) is 4.84. The van der Waals surface area contributed by atoms with Crippen LogP contribution in [0, 0.1) is 6.92 Å². The molecule has 1 atom stereocenters. The van der Waals surface area contributed by atoms with Crippen LogP contribution < -0.4 is 10.6 Å². The minimum atomic E-state index is -1.06. The van der Waals surface area contributed by atoms with Crippen LogP contribution in [0.25, 0.3) is 0 Å². The number of hydrogen-bond donors (Lipinski definition) is 2. The number of aryl methyl sites for hydroxylation is 1. The van der Waals surface area contributed by atoms with Crippen LogP contribution in [-0.4, -0.2) is 71.8 Å². The van der Waals surface area contributed by atoms with Crippen LogP contribution in [0.1, 0.15) is 25.8 Å². The highest BCUT2D eigenvalue weighted by molar-refractivity contribution is 6.08. The number of benzene rings is 1. The largest absolute Gasteiger partial charge is 0.454 e. The Morgan fingerprint density at radius 2 is 1.83 bits per heavy atom. The third-order valence-corrected chi connectivity index (χ3v) is 4.84. The van der Waals surface area contributed by atoms with Crippen molar-refractivity contribution >= 4 is 35.4 Å². The first-order valence-corrected chi connectivity index (χ1v) is 9.46. The molecule has 0 saturated carbocycles. The molecule has 30 heavy (non-hydrogen) atoms. The standard InChI is InChI=1S/C20H26N4O6/c1-5-20(3)18(28)24(19(29)22-20)11-17(27)30-12-16(26)23(4)10-15(25)21-14-8-6-13(2)7-9-14/h6-9H,5,10-12H2,1-4H3,(H,21,25)(H,22,29)/t20-/m0/s1. The van der Waals surface area contributed by atoms with Crippen molar-refractivity contribution in [1.82, 2.24) is 15.1 Å². The Hall–Kier alpha value is -3.43. The maximum Gasteiger partial charge on any atom is 0.326 e. The number of ether oxygens (including phenoxy) is 1. The first kappa shape index (κ1) is 22.9. The molecule has 0 unspecified atom stereocenters. The summed E-state index contributed by atoms with van der Waals surface area (Å²) in [6.45, 7) is 3.80. The Balaban J connectivity index is 1.78. The van der Waals surface area contributed by atoms with Gasteiger partial charge in [0.2, 0.25) is 5.91 Å². The molecular formula is C20H26N4O6. The number of rotatable bonds is 8. The summed E-state index contributed by atoms with van der Waals surface area (Å²) in [5.41, 5.74) is 0.596. The van der Waals surface area contributed by atoms with Crippen molar-refractivity contribution in [3.63, 3.8) is 0 Å². The minimum absolute atomic E-state index is 0.230. The van der Waals surface area contributed by atoms with E-state index in [4.69, 9.17) is 4.74 Å². The summed E-state index contributed by atoms with van der Waals surface area (Å²) in [4.78, 5) is 62.1. The average molecular weight is 418 g/mol. The molecule has 0 spiro atoms. The summed E-state index contributed by atoms with van der Waals surface area (Å²) < 4.78 is 4.86. The van der Waals surface area contributed by atoms with Crippen molar-refractivity contribution in [3.05, 3.63) is 29.8 Å². The van der Waals surface area contributed by atoms with Gasteiger partial charge >= 0.3 is 12.0 Å².